The van der Waals surface area contributed by atoms with Crippen molar-refractivity contribution in [3.63, 3.8) is 0 Å². The van der Waals surface area contributed by atoms with Gasteiger partial charge in [0, 0.05) is 63.2 Å². The molecule has 2 fully saturated rings. The van der Waals surface area contributed by atoms with Gasteiger partial charge in [-0.15, -0.1) is 0 Å². The number of hydrogen-bond acceptors (Lipinski definition) is 5. The number of piperidine rings is 1. The molecule has 0 saturated carbocycles. The standard InChI is InChI=1S/C29H44N4O4/c1-29(2,3)28(36)33-20-24-8-5-6-10-25(24)37-17-7-9-23-19-32(27(35)21-33)12-11-22(23)18-26(34)31-15-13-30(4)14-16-31/h5-6,8,10,22-23H,7,9,11-21H2,1-4H3/t22-,23-/m0/s1. The van der Waals surface area contributed by atoms with Gasteiger partial charge in [-0.25, -0.2) is 0 Å². The van der Waals surface area contributed by atoms with Crippen LogP contribution in [0.1, 0.15) is 52.0 Å². The molecule has 2 bridgehead atoms. The molecule has 2 atom stereocenters. The van der Waals surface area contributed by atoms with Gasteiger partial charge in [-0.3, -0.25) is 14.4 Å². The lowest BCUT2D eigenvalue weighted by Crippen LogP contribution is -2.51. The van der Waals surface area contributed by atoms with Crippen LogP contribution in [0.4, 0.5) is 0 Å². The number of ether oxygens (including phenoxy) is 1. The number of nitrogens with zero attached hydrogens (tertiary/aromatic N) is 4. The minimum absolute atomic E-state index is 0.0101. The number of amides is 3. The van der Waals surface area contributed by atoms with Crippen molar-refractivity contribution < 1.29 is 19.1 Å². The Morgan fingerprint density at radius 1 is 0.973 bits per heavy atom. The van der Waals surface area contributed by atoms with Gasteiger partial charge < -0.3 is 24.3 Å². The van der Waals surface area contributed by atoms with E-state index in [9.17, 15) is 14.4 Å². The average molecular weight is 513 g/mol. The number of fused-ring (bicyclic) bond motifs is 3. The third-order valence-electron chi connectivity index (χ3n) is 8.10. The van der Waals surface area contributed by atoms with E-state index in [1.54, 1.807) is 4.90 Å². The van der Waals surface area contributed by atoms with E-state index in [-0.39, 0.29) is 36.1 Å². The van der Waals surface area contributed by atoms with Gasteiger partial charge in [0.1, 0.15) is 12.3 Å². The summed E-state index contributed by atoms with van der Waals surface area (Å²) in [6.07, 6.45) is 3.15. The van der Waals surface area contributed by atoms with E-state index in [4.69, 9.17) is 4.74 Å². The molecule has 2 saturated heterocycles. The number of rotatable bonds is 2. The van der Waals surface area contributed by atoms with Gasteiger partial charge in [0.05, 0.1) is 6.61 Å². The highest BCUT2D eigenvalue weighted by Crippen LogP contribution is 2.32. The molecule has 0 spiro atoms. The topological polar surface area (TPSA) is 73.4 Å². The smallest absolute Gasteiger partial charge is 0.242 e. The van der Waals surface area contributed by atoms with E-state index >= 15 is 0 Å². The molecule has 0 unspecified atom stereocenters. The maximum atomic E-state index is 13.5. The minimum Gasteiger partial charge on any atom is -0.493 e. The lowest BCUT2D eigenvalue weighted by Gasteiger charge is -2.41. The van der Waals surface area contributed by atoms with Gasteiger partial charge in [0.25, 0.3) is 0 Å². The van der Waals surface area contributed by atoms with Gasteiger partial charge in [-0.05, 0) is 44.2 Å². The van der Waals surface area contributed by atoms with E-state index in [2.05, 4.69) is 11.9 Å². The van der Waals surface area contributed by atoms with E-state index in [1.165, 1.54) is 0 Å². The van der Waals surface area contributed by atoms with Crippen LogP contribution in [-0.2, 0) is 20.9 Å². The number of para-hydroxylation sites is 1. The van der Waals surface area contributed by atoms with Crippen LogP contribution >= 0.6 is 0 Å². The molecular formula is C29H44N4O4. The summed E-state index contributed by atoms with van der Waals surface area (Å²) in [5.41, 5.74) is 0.323. The van der Waals surface area contributed by atoms with Gasteiger partial charge in [-0.1, -0.05) is 39.0 Å². The van der Waals surface area contributed by atoms with Gasteiger partial charge >= 0.3 is 0 Å². The van der Waals surface area contributed by atoms with Crippen molar-refractivity contribution in [2.24, 2.45) is 17.3 Å². The first-order chi connectivity index (χ1) is 17.6. The fraction of sp³-hybridized carbons (Fsp3) is 0.690. The second-order valence-electron chi connectivity index (χ2n) is 12.0. The first kappa shape index (κ1) is 27.4. The van der Waals surface area contributed by atoms with Crippen LogP contribution in [0.2, 0.25) is 0 Å². The highest BCUT2D eigenvalue weighted by Gasteiger charge is 2.36. The SMILES string of the molecule is CN1CCN(C(=O)C[C@@H]2CCN3C[C@@H]2CCCOc2ccccc2CN(C(=O)C(C)(C)C)CC3=O)CC1. The summed E-state index contributed by atoms with van der Waals surface area (Å²) in [5, 5.41) is 0. The van der Waals surface area contributed by atoms with Crippen molar-refractivity contribution in [1.82, 2.24) is 19.6 Å². The first-order valence-corrected chi connectivity index (χ1v) is 13.9. The Bertz CT molecular complexity index is 967. The van der Waals surface area contributed by atoms with Crippen LogP contribution in [0.5, 0.6) is 5.75 Å². The van der Waals surface area contributed by atoms with Crippen LogP contribution < -0.4 is 4.74 Å². The molecule has 3 amide bonds. The Morgan fingerprint density at radius 2 is 1.70 bits per heavy atom. The monoisotopic (exact) mass is 512 g/mol. The van der Waals surface area contributed by atoms with Crippen LogP contribution in [0, 0.1) is 17.3 Å². The lowest BCUT2D eigenvalue weighted by molar-refractivity contribution is -0.147. The highest BCUT2D eigenvalue weighted by molar-refractivity contribution is 5.87. The van der Waals surface area contributed by atoms with Crippen molar-refractivity contribution in [1.29, 1.82) is 0 Å². The van der Waals surface area contributed by atoms with Crippen LogP contribution in [0.15, 0.2) is 24.3 Å². The van der Waals surface area contributed by atoms with Gasteiger partial charge in [0.15, 0.2) is 0 Å². The van der Waals surface area contributed by atoms with E-state index < -0.39 is 5.41 Å². The lowest BCUT2D eigenvalue weighted by atomic mass is 9.80. The zero-order valence-electron chi connectivity index (χ0n) is 23.1. The van der Waals surface area contributed by atoms with E-state index in [0.29, 0.717) is 32.7 Å². The van der Waals surface area contributed by atoms with Crippen LogP contribution in [0.3, 0.4) is 0 Å². The van der Waals surface area contributed by atoms with Crippen molar-refractivity contribution in [3.8, 4) is 5.75 Å². The summed E-state index contributed by atoms with van der Waals surface area (Å²) in [7, 11) is 2.10. The number of benzene rings is 1. The van der Waals surface area contributed by atoms with E-state index in [1.807, 2.05) is 54.8 Å². The second-order valence-corrected chi connectivity index (χ2v) is 12.0. The minimum atomic E-state index is -0.594. The molecule has 3 aliphatic heterocycles. The average Bonchev–Trinajstić information content (AvgIpc) is 2.87. The molecule has 8 nitrogen and oxygen atoms in total. The molecular weight excluding hydrogens is 468 g/mol. The van der Waals surface area contributed by atoms with Crippen molar-refractivity contribution in [3.05, 3.63) is 29.8 Å². The largest absolute Gasteiger partial charge is 0.493 e. The van der Waals surface area contributed by atoms with Gasteiger partial charge in [-0.2, -0.15) is 0 Å². The fourth-order valence-corrected chi connectivity index (χ4v) is 5.76. The van der Waals surface area contributed by atoms with Crippen molar-refractivity contribution in [2.75, 3.05) is 59.5 Å². The second kappa shape index (κ2) is 11.8. The normalized spacial score (nSPS) is 24.3. The molecule has 3 heterocycles. The molecule has 3 aliphatic rings. The molecule has 0 N–H and O–H groups in total. The number of hydrogen-bond donors (Lipinski definition) is 0. The Morgan fingerprint density at radius 3 is 2.43 bits per heavy atom. The van der Waals surface area contributed by atoms with Gasteiger partial charge in [0.2, 0.25) is 17.7 Å². The Labute approximate surface area is 221 Å². The Balaban J connectivity index is 1.51. The Hall–Kier alpha value is -2.61. The summed E-state index contributed by atoms with van der Waals surface area (Å²) in [6.45, 7) is 11.4. The van der Waals surface area contributed by atoms with E-state index in [0.717, 1.165) is 56.8 Å². The predicted molar refractivity (Wildman–Crippen MR) is 143 cm³/mol. The number of likely N-dealkylation sites (N-methyl/N-ethyl adjacent to an activating group) is 1. The summed E-state index contributed by atoms with van der Waals surface area (Å²) < 4.78 is 6.18. The summed E-state index contributed by atoms with van der Waals surface area (Å²) in [6, 6.07) is 7.80. The molecule has 4 rings (SSSR count). The van der Waals surface area contributed by atoms with Crippen LogP contribution in [0.25, 0.3) is 0 Å². The Kier molecular flexibility index (Phi) is 8.78. The van der Waals surface area contributed by atoms with Crippen molar-refractivity contribution in [2.45, 2.75) is 53.0 Å². The molecule has 0 aliphatic carbocycles. The maximum Gasteiger partial charge on any atom is 0.242 e. The van der Waals surface area contributed by atoms with Crippen molar-refractivity contribution >= 4 is 17.7 Å². The molecule has 0 radical (unpaired) electrons. The molecule has 37 heavy (non-hydrogen) atoms. The zero-order chi connectivity index (χ0) is 26.6. The fourth-order valence-electron chi connectivity index (χ4n) is 5.76. The summed E-state index contributed by atoms with van der Waals surface area (Å²) in [4.78, 5) is 47.9. The number of carbonyl (C=O) groups excluding carboxylic acids is 3. The summed E-state index contributed by atoms with van der Waals surface area (Å²) in [5.74, 6) is 1.47. The third kappa shape index (κ3) is 7.03. The quantitative estimate of drug-likeness (QED) is 0.609. The number of carbonyl (C=O) groups is 3. The zero-order valence-corrected chi connectivity index (χ0v) is 23.1. The molecule has 1 aromatic carbocycles. The predicted octanol–water partition coefficient (Wildman–Crippen LogP) is 2.86. The summed E-state index contributed by atoms with van der Waals surface area (Å²) >= 11 is 0. The molecule has 8 heteroatoms. The first-order valence-electron chi connectivity index (χ1n) is 13.9. The molecule has 1 aromatic rings. The highest BCUT2D eigenvalue weighted by atomic mass is 16.5. The molecule has 0 aromatic heterocycles. The molecule has 204 valence electrons. The van der Waals surface area contributed by atoms with Crippen LogP contribution in [-0.4, -0.2) is 96.8 Å². The maximum absolute atomic E-state index is 13.5. The number of piperazine rings is 1. The third-order valence-corrected chi connectivity index (χ3v) is 8.10.